The van der Waals surface area contributed by atoms with Crippen LogP contribution in [0.15, 0.2) is 83.3 Å². The largest absolute Gasteiger partial charge is 0.341 e. The summed E-state index contributed by atoms with van der Waals surface area (Å²) in [5.74, 6) is -0.0837. The fraction of sp³-hybridized carbons (Fsp3) is 0.0952. The van der Waals surface area contributed by atoms with Crippen molar-refractivity contribution in [3.05, 3.63) is 106 Å². The molecule has 24 heavy (non-hydrogen) atoms. The van der Waals surface area contributed by atoms with E-state index in [1.807, 2.05) is 66.7 Å². The van der Waals surface area contributed by atoms with Crippen LogP contribution in [0.3, 0.4) is 0 Å². The Labute approximate surface area is 150 Å². The highest BCUT2D eigenvalue weighted by atomic mass is 79.9. The SMILES string of the molecule is Cc1ccccc1[C@@H](NC(=O)c1ccc(Br)cc1)c1ccccc1. The van der Waals surface area contributed by atoms with Gasteiger partial charge in [-0.2, -0.15) is 0 Å². The van der Waals surface area contributed by atoms with Gasteiger partial charge in [0.2, 0.25) is 0 Å². The predicted octanol–water partition coefficient (Wildman–Crippen LogP) is 5.28. The third kappa shape index (κ3) is 3.74. The van der Waals surface area contributed by atoms with Crippen LogP contribution in [0.2, 0.25) is 0 Å². The molecule has 0 spiro atoms. The van der Waals surface area contributed by atoms with Crippen LogP contribution in [0.25, 0.3) is 0 Å². The number of amides is 1. The lowest BCUT2D eigenvalue weighted by Gasteiger charge is -2.21. The smallest absolute Gasteiger partial charge is 0.252 e. The van der Waals surface area contributed by atoms with Crippen LogP contribution in [0, 0.1) is 6.92 Å². The van der Waals surface area contributed by atoms with Crippen LogP contribution >= 0.6 is 15.9 Å². The Morgan fingerprint density at radius 2 is 1.50 bits per heavy atom. The average Bonchev–Trinajstić information content (AvgIpc) is 2.61. The summed E-state index contributed by atoms with van der Waals surface area (Å²) in [6.07, 6.45) is 0. The van der Waals surface area contributed by atoms with Gasteiger partial charge in [-0.25, -0.2) is 0 Å². The average molecular weight is 380 g/mol. The highest BCUT2D eigenvalue weighted by molar-refractivity contribution is 9.10. The standard InChI is InChI=1S/C21H18BrNO/c1-15-7-5-6-10-19(15)20(16-8-3-2-4-9-16)23-21(24)17-11-13-18(22)14-12-17/h2-14,20H,1H3,(H,23,24)/t20-/m0/s1. The molecule has 3 aromatic rings. The Balaban J connectivity index is 1.95. The molecule has 0 aliphatic rings. The van der Waals surface area contributed by atoms with Gasteiger partial charge in [0.25, 0.3) is 5.91 Å². The highest BCUT2D eigenvalue weighted by Gasteiger charge is 2.19. The Morgan fingerprint density at radius 3 is 2.17 bits per heavy atom. The molecule has 1 atom stereocenters. The van der Waals surface area contributed by atoms with Crippen LogP contribution in [0.5, 0.6) is 0 Å². The number of nitrogens with one attached hydrogen (secondary N) is 1. The predicted molar refractivity (Wildman–Crippen MR) is 101 cm³/mol. The molecule has 0 fully saturated rings. The first-order chi connectivity index (χ1) is 11.6. The summed E-state index contributed by atoms with van der Waals surface area (Å²) in [6.45, 7) is 2.07. The molecule has 0 unspecified atom stereocenters. The number of carbonyl (C=O) groups excluding carboxylic acids is 1. The van der Waals surface area contributed by atoms with Crippen molar-refractivity contribution in [1.82, 2.24) is 5.32 Å². The Bertz CT molecular complexity index is 828. The third-order valence-electron chi connectivity index (χ3n) is 4.01. The number of aryl methyl sites for hydroxylation is 1. The van der Waals surface area contributed by atoms with Crippen LogP contribution in [-0.4, -0.2) is 5.91 Å². The first-order valence-corrected chi connectivity index (χ1v) is 8.61. The van der Waals surface area contributed by atoms with E-state index >= 15 is 0 Å². The molecule has 0 bridgehead atoms. The molecule has 0 saturated carbocycles. The number of rotatable bonds is 4. The molecule has 0 heterocycles. The van der Waals surface area contributed by atoms with Crippen molar-refractivity contribution in [2.24, 2.45) is 0 Å². The van der Waals surface area contributed by atoms with Crippen molar-refractivity contribution in [3.8, 4) is 0 Å². The Kier molecular flexibility index (Phi) is 5.11. The van der Waals surface area contributed by atoms with E-state index in [2.05, 4.69) is 40.3 Å². The topological polar surface area (TPSA) is 29.1 Å². The van der Waals surface area contributed by atoms with E-state index in [1.165, 1.54) is 0 Å². The molecule has 1 N–H and O–H groups in total. The molecule has 0 aliphatic carbocycles. The van der Waals surface area contributed by atoms with Crippen molar-refractivity contribution >= 4 is 21.8 Å². The lowest BCUT2D eigenvalue weighted by Crippen LogP contribution is -2.29. The van der Waals surface area contributed by atoms with Gasteiger partial charge in [0.05, 0.1) is 6.04 Å². The molecule has 2 nitrogen and oxygen atoms in total. The summed E-state index contributed by atoms with van der Waals surface area (Å²) < 4.78 is 0.956. The van der Waals surface area contributed by atoms with Crippen LogP contribution in [0.1, 0.15) is 33.1 Å². The van der Waals surface area contributed by atoms with Crippen molar-refractivity contribution in [3.63, 3.8) is 0 Å². The first-order valence-electron chi connectivity index (χ1n) is 7.82. The maximum absolute atomic E-state index is 12.7. The molecular weight excluding hydrogens is 362 g/mol. The maximum Gasteiger partial charge on any atom is 0.252 e. The summed E-state index contributed by atoms with van der Waals surface area (Å²) in [5.41, 5.74) is 3.97. The van der Waals surface area contributed by atoms with E-state index in [0.717, 1.165) is 21.2 Å². The first kappa shape index (κ1) is 16.5. The molecule has 0 aromatic heterocycles. The summed E-state index contributed by atoms with van der Waals surface area (Å²) in [5, 5.41) is 3.17. The van der Waals surface area contributed by atoms with E-state index in [9.17, 15) is 4.79 Å². The van der Waals surface area contributed by atoms with Gasteiger partial charge < -0.3 is 5.32 Å². The van der Waals surface area contributed by atoms with E-state index in [1.54, 1.807) is 0 Å². The maximum atomic E-state index is 12.7. The normalized spacial score (nSPS) is 11.8. The van der Waals surface area contributed by atoms with E-state index in [-0.39, 0.29) is 11.9 Å². The summed E-state index contributed by atoms with van der Waals surface area (Å²) in [7, 11) is 0. The van der Waals surface area contributed by atoms with Gasteiger partial charge in [0.15, 0.2) is 0 Å². The molecular formula is C21H18BrNO. The number of halogens is 1. The van der Waals surface area contributed by atoms with Crippen LogP contribution in [0.4, 0.5) is 0 Å². The Morgan fingerprint density at radius 1 is 0.875 bits per heavy atom. The molecule has 3 heteroatoms. The van der Waals surface area contributed by atoms with Gasteiger partial charge in [0.1, 0.15) is 0 Å². The second kappa shape index (κ2) is 7.45. The quantitative estimate of drug-likeness (QED) is 0.656. The zero-order chi connectivity index (χ0) is 16.9. The van der Waals surface area contributed by atoms with Crippen LogP contribution in [-0.2, 0) is 0 Å². The lowest BCUT2D eigenvalue weighted by molar-refractivity contribution is 0.0943. The van der Waals surface area contributed by atoms with Crippen molar-refractivity contribution in [2.75, 3.05) is 0 Å². The molecule has 120 valence electrons. The van der Waals surface area contributed by atoms with Gasteiger partial charge in [-0.05, 0) is 47.9 Å². The van der Waals surface area contributed by atoms with Gasteiger partial charge >= 0.3 is 0 Å². The van der Waals surface area contributed by atoms with Gasteiger partial charge in [-0.15, -0.1) is 0 Å². The summed E-state index contributed by atoms with van der Waals surface area (Å²) >= 11 is 3.40. The fourth-order valence-electron chi connectivity index (χ4n) is 2.71. The molecule has 3 aromatic carbocycles. The molecule has 0 radical (unpaired) electrons. The van der Waals surface area contributed by atoms with Crippen LogP contribution < -0.4 is 5.32 Å². The minimum absolute atomic E-state index is 0.0837. The number of carbonyl (C=O) groups is 1. The zero-order valence-corrected chi connectivity index (χ0v) is 15.0. The third-order valence-corrected chi connectivity index (χ3v) is 4.54. The minimum atomic E-state index is -0.177. The minimum Gasteiger partial charge on any atom is -0.341 e. The lowest BCUT2D eigenvalue weighted by atomic mass is 9.94. The second-order valence-electron chi connectivity index (χ2n) is 5.68. The van der Waals surface area contributed by atoms with Crippen molar-refractivity contribution < 1.29 is 4.79 Å². The van der Waals surface area contributed by atoms with E-state index in [0.29, 0.717) is 5.56 Å². The number of hydrogen-bond acceptors (Lipinski definition) is 1. The second-order valence-corrected chi connectivity index (χ2v) is 6.60. The van der Waals surface area contributed by atoms with Gasteiger partial charge in [0, 0.05) is 10.0 Å². The number of hydrogen-bond donors (Lipinski definition) is 1. The van der Waals surface area contributed by atoms with E-state index in [4.69, 9.17) is 0 Å². The van der Waals surface area contributed by atoms with Crippen molar-refractivity contribution in [1.29, 1.82) is 0 Å². The summed E-state index contributed by atoms with van der Waals surface area (Å²) in [6, 6.07) is 25.4. The highest BCUT2D eigenvalue weighted by Crippen LogP contribution is 2.25. The van der Waals surface area contributed by atoms with Gasteiger partial charge in [-0.3, -0.25) is 4.79 Å². The molecule has 0 aliphatic heterocycles. The zero-order valence-electron chi connectivity index (χ0n) is 13.4. The molecule has 1 amide bonds. The number of benzene rings is 3. The summed E-state index contributed by atoms with van der Waals surface area (Å²) in [4.78, 5) is 12.7. The molecule has 0 saturated heterocycles. The molecule has 3 rings (SSSR count). The van der Waals surface area contributed by atoms with Gasteiger partial charge in [-0.1, -0.05) is 70.5 Å². The van der Waals surface area contributed by atoms with E-state index < -0.39 is 0 Å². The Hall–Kier alpha value is -2.39. The fourth-order valence-corrected chi connectivity index (χ4v) is 2.98. The van der Waals surface area contributed by atoms with Crippen molar-refractivity contribution in [2.45, 2.75) is 13.0 Å². The monoisotopic (exact) mass is 379 g/mol.